The zero-order valence-electron chi connectivity index (χ0n) is 10.3. The lowest BCUT2D eigenvalue weighted by Gasteiger charge is -2.50. The van der Waals surface area contributed by atoms with Crippen LogP contribution in [0.15, 0.2) is 29.1 Å². The second-order valence-corrected chi connectivity index (χ2v) is 5.31. The number of furan rings is 1. The predicted molar refractivity (Wildman–Crippen MR) is 64.3 cm³/mol. The quantitative estimate of drug-likeness (QED) is 0.776. The summed E-state index contributed by atoms with van der Waals surface area (Å²) in [5, 5.41) is 10.7. The van der Waals surface area contributed by atoms with Crippen molar-refractivity contribution in [2.24, 2.45) is 5.41 Å². The first-order valence-corrected chi connectivity index (χ1v) is 6.25. The minimum atomic E-state index is -1.39. The Morgan fingerprint density at radius 3 is 2.83 bits per heavy atom. The first-order chi connectivity index (χ1) is 8.55. The standard InChI is InChI=1S/C14H16O4/c1-13-5-2-3-6-14(13,16)18-12(15)8-11(13)10-4-7-17-9-10/h4,7-9,16H,2-3,5-6H2,1H3/t13-,14-/m1/s1. The molecule has 2 aliphatic rings. The van der Waals surface area contributed by atoms with Gasteiger partial charge in [0, 0.05) is 18.1 Å². The van der Waals surface area contributed by atoms with Crippen molar-refractivity contribution in [3.8, 4) is 0 Å². The van der Waals surface area contributed by atoms with Crippen LogP contribution in [0.5, 0.6) is 0 Å². The molecule has 0 bridgehead atoms. The molecule has 18 heavy (non-hydrogen) atoms. The Balaban J connectivity index is 2.14. The van der Waals surface area contributed by atoms with Crippen molar-refractivity contribution < 1.29 is 19.1 Å². The van der Waals surface area contributed by atoms with Gasteiger partial charge in [0.15, 0.2) is 0 Å². The fourth-order valence-electron chi connectivity index (χ4n) is 3.12. The topological polar surface area (TPSA) is 59.7 Å². The molecular formula is C14H16O4. The Labute approximate surface area is 105 Å². The molecule has 0 amide bonds. The smallest absolute Gasteiger partial charge is 0.333 e. The average Bonchev–Trinajstić information content (AvgIpc) is 2.82. The molecule has 4 heteroatoms. The van der Waals surface area contributed by atoms with Gasteiger partial charge in [-0.15, -0.1) is 0 Å². The van der Waals surface area contributed by atoms with Crippen LogP contribution in [0.1, 0.15) is 38.2 Å². The molecule has 0 radical (unpaired) electrons. The van der Waals surface area contributed by atoms with Crippen molar-refractivity contribution in [3.05, 3.63) is 30.2 Å². The number of hydrogen-bond donors (Lipinski definition) is 1. The summed E-state index contributed by atoms with van der Waals surface area (Å²) in [4.78, 5) is 11.7. The van der Waals surface area contributed by atoms with Gasteiger partial charge in [0.05, 0.1) is 17.9 Å². The Bertz CT molecular complexity index is 502. The van der Waals surface area contributed by atoms with Crippen LogP contribution in [0.2, 0.25) is 0 Å². The van der Waals surface area contributed by atoms with Gasteiger partial charge < -0.3 is 14.3 Å². The summed E-state index contributed by atoms with van der Waals surface area (Å²) >= 11 is 0. The minimum absolute atomic E-state index is 0.479. The number of carbonyl (C=O) groups is 1. The van der Waals surface area contributed by atoms with Crippen LogP contribution >= 0.6 is 0 Å². The molecule has 0 unspecified atom stereocenters. The number of fused-ring (bicyclic) bond motifs is 1. The molecule has 1 aliphatic carbocycles. The SMILES string of the molecule is C[C@]12CCCC[C@@]1(O)OC(=O)C=C2c1ccoc1. The number of esters is 1. The van der Waals surface area contributed by atoms with E-state index in [0.717, 1.165) is 30.4 Å². The monoisotopic (exact) mass is 248 g/mol. The second-order valence-electron chi connectivity index (χ2n) is 5.31. The van der Waals surface area contributed by atoms with Crippen LogP contribution < -0.4 is 0 Å². The molecule has 0 aromatic carbocycles. The first kappa shape index (κ1) is 11.5. The molecule has 96 valence electrons. The van der Waals surface area contributed by atoms with Gasteiger partial charge in [-0.05, 0) is 31.4 Å². The maximum absolute atomic E-state index is 11.7. The van der Waals surface area contributed by atoms with Gasteiger partial charge in [-0.3, -0.25) is 0 Å². The van der Waals surface area contributed by atoms with E-state index in [9.17, 15) is 9.90 Å². The third-order valence-electron chi connectivity index (χ3n) is 4.26. The van der Waals surface area contributed by atoms with Gasteiger partial charge in [0.2, 0.25) is 5.79 Å². The molecule has 0 saturated heterocycles. The average molecular weight is 248 g/mol. The van der Waals surface area contributed by atoms with E-state index in [2.05, 4.69) is 0 Å². The highest BCUT2D eigenvalue weighted by molar-refractivity contribution is 5.95. The number of ether oxygens (including phenoxy) is 1. The van der Waals surface area contributed by atoms with Gasteiger partial charge in [-0.1, -0.05) is 6.42 Å². The Morgan fingerprint density at radius 1 is 1.33 bits per heavy atom. The third kappa shape index (κ3) is 1.45. The maximum atomic E-state index is 11.7. The van der Waals surface area contributed by atoms with E-state index < -0.39 is 17.2 Å². The maximum Gasteiger partial charge on any atom is 0.333 e. The molecule has 1 aliphatic heterocycles. The molecule has 1 aromatic heterocycles. The fraction of sp³-hybridized carbons (Fsp3) is 0.500. The number of aliphatic hydroxyl groups is 1. The van der Waals surface area contributed by atoms with Crippen molar-refractivity contribution in [3.63, 3.8) is 0 Å². The molecule has 1 fully saturated rings. The first-order valence-electron chi connectivity index (χ1n) is 6.25. The fourth-order valence-corrected chi connectivity index (χ4v) is 3.12. The number of hydrogen-bond acceptors (Lipinski definition) is 4. The lowest BCUT2D eigenvalue weighted by atomic mass is 9.63. The largest absolute Gasteiger partial charge is 0.472 e. The Hall–Kier alpha value is -1.55. The molecule has 2 heterocycles. The number of rotatable bonds is 1. The lowest BCUT2D eigenvalue weighted by molar-refractivity contribution is -0.257. The van der Waals surface area contributed by atoms with E-state index in [4.69, 9.17) is 9.15 Å². The van der Waals surface area contributed by atoms with E-state index in [1.54, 1.807) is 12.5 Å². The summed E-state index contributed by atoms with van der Waals surface area (Å²) in [6, 6.07) is 1.81. The van der Waals surface area contributed by atoms with Gasteiger partial charge in [0.1, 0.15) is 0 Å². The van der Waals surface area contributed by atoms with Crippen LogP contribution in [-0.4, -0.2) is 16.9 Å². The van der Waals surface area contributed by atoms with Crippen molar-refractivity contribution >= 4 is 11.5 Å². The molecule has 1 saturated carbocycles. The van der Waals surface area contributed by atoms with Gasteiger partial charge in [0.25, 0.3) is 0 Å². The second kappa shape index (κ2) is 3.72. The lowest BCUT2D eigenvalue weighted by Crippen LogP contribution is -2.54. The van der Waals surface area contributed by atoms with Gasteiger partial charge in [-0.2, -0.15) is 0 Å². The predicted octanol–water partition coefficient (Wildman–Crippen LogP) is 2.49. The van der Waals surface area contributed by atoms with Crippen LogP contribution in [0, 0.1) is 5.41 Å². The van der Waals surface area contributed by atoms with Crippen molar-refractivity contribution in [1.82, 2.24) is 0 Å². The summed E-state index contributed by atoms with van der Waals surface area (Å²) in [7, 11) is 0. The van der Waals surface area contributed by atoms with Crippen LogP contribution in [0.3, 0.4) is 0 Å². The normalized spacial score (nSPS) is 35.7. The molecule has 1 aromatic rings. The summed E-state index contributed by atoms with van der Waals surface area (Å²) in [6.07, 6.45) is 7.83. The van der Waals surface area contributed by atoms with Crippen LogP contribution in [-0.2, 0) is 9.53 Å². The Morgan fingerprint density at radius 2 is 2.11 bits per heavy atom. The van der Waals surface area contributed by atoms with E-state index in [0.29, 0.717) is 6.42 Å². The van der Waals surface area contributed by atoms with E-state index in [1.807, 2.05) is 13.0 Å². The van der Waals surface area contributed by atoms with Gasteiger partial charge in [-0.25, -0.2) is 4.79 Å². The van der Waals surface area contributed by atoms with Crippen molar-refractivity contribution in [2.75, 3.05) is 0 Å². The van der Waals surface area contributed by atoms with Crippen molar-refractivity contribution in [2.45, 2.75) is 38.4 Å². The highest BCUT2D eigenvalue weighted by Gasteiger charge is 2.56. The zero-order chi connectivity index (χ0) is 12.8. The molecule has 2 atom stereocenters. The molecule has 0 spiro atoms. The third-order valence-corrected chi connectivity index (χ3v) is 4.26. The summed E-state index contributed by atoms with van der Waals surface area (Å²) in [5.41, 5.74) is 1.10. The van der Waals surface area contributed by atoms with E-state index in [1.165, 1.54) is 6.08 Å². The summed E-state index contributed by atoms with van der Waals surface area (Å²) in [5.74, 6) is -1.86. The molecule has 1 N–H and O–H groups in total. The summed E-state index contributed by atoms with van der Waals surface area (Å²) < 4.78 is 10.3. The highest BCUT2D eigenvalue weighted by Crippen LogP contribution is 2.55. The molecule has 4 nitrogen and oxygen atoms in total. The minimum Gasteiger partial charge on any atom is -0.472 e. The van der Waals surface area contributed by atoms with Crippen molar-refractivity contribution in [1.29, 1.82) is 0 Å². The Kier molecular flexibility index (Phi) is 2.38. The van der Waals surface area contributed by atoms with E-state index >= 15 is 0 Å². The van der Waals surface area contributed by atoms with E-state index in [-0.39, 0.29) is 0 Å². The molecule has 3 rings (SSSR count). The highest BCUT2D eigenvalue weighted by atomic mass is 16.7. The molecular weight excluding hydrogens is 232 g/mol. The van der Waals surface area contributed by atoms with Crippen LogP contribution in [0.4, 0.5) is 0 Å². The van der Waals surface area contributed by atoms with Gasteiger partial charge >= 0.3 is 5.97 Å². The summed E-state index contributed by atoms with van der Waals surface area (Å²) in [6.45, 7) is 1.96. The zero-order valence-corrected chi connectivity index (χ0v) is 10.3. The van der Waals surface area contributed by atoms with Crippen LogP contribution in [0.25, 0.3) is 5.57 Å². The number of carbonyl (C=O) groups excluding carboxylic acids is 1.